The molecule has 0 aliphatic carbocycles. The second kappa shape index (κ2) is 6.43. The van der Waals surface area contributed by atoms with E-state index in [1.165, 1.54) is 6.07 Å². The molecule has 0 unspecified atom stereocenters. The van der Waals surface area contributed by atoms with Crippen LogP contribution in [-0.2, 0) is 4.79 Å². The SMILES string of the molecule is Cc1ccc(N2CCN(C(=O)c3ccccc3)[C@@H](C)C2=O)cc1F. The number of carbonyl (C=O) groups excluding carboxylic acids is 2. The van der Waals surface area contributed by atoms with Crippen LogP contribution in [0.1, 0.15) is 22.8 Å². The van der Waals surface area contributed by atoms with Gasteiger partial charge in [-0.05, 0) is 43.7 Å². The predicted molar refractivity (Wildman–Crippen MR) is 90.4 cm³/mol. The highest BCUT2D eigenvalue weighted by Crippen LogP contribution is 2.23. The van der Waals surface area contributed by atoms with Crippen molar-refractivity contribution in [1.29, 1.82) is 0 Å². The van der Waals surface area contributed by atoms with Gasteiger partial charge in [-0.3, -0.25) is 9.59 Å². The third-order valence-corrected chi connectivity index (χ3v) is 4.40. The van der Waals surface area contributed by atoms with Gasteiger partial charge >= 0.3 is 0 Å². The lowest BCUT2D eigenvalue weighted by Crippen LogP contribution is -2.57. The summed E-state index contributed by atoms with van der Waals surface area (Å²) in [5.74, 6) is -0.698. The zero-order valence-electron chi connectivity index (χ0n) is 13.7. The molecule has 2 amide bonds. The Morgan fingerprint density at radius 2 is 1.83 bits per heavy atom. The fraction of sp³-hybridized carbons (Fsp3) is 0.263. The summed E-state index contributed by atoms with van der Waals surface area (Å²) in [6, 6.07) is 13.1. The highest BCUT2D eigenvalue weighted by Gasteiger charge is 2.35. The van der Waals surface area contributed by atoms with Crippen molar-refractivity contribution in [3.8, 4) is 0 Å². The smallest absolute Gasteiger partial charge is 0.254 e. The molecule has 1 atom stereocenters. The molecule has 124 valence electrons. The largest absolute Gasteiger partial charge is 0.325 e. The summed E-state index contributed by atoms with van der Waals surface area (Å²) in [4.78, 5) is 28.4. The Morgan fingerprint density at radius 1 is 1.12 bits per heavy atom. The van der Waals surface area contributed by atoms with E-state index in [0.717, 1.165) is 0 Å². The molecule has 1 saturated heterocycles. The molecule has 1 fully saturated rings. The molecule has 2 aromatic rings. The summed E-state index contributed by atoms with van der Waals surface area (Å²) in [5.41, 5.74) is 1.63. The van der Waals surface area contributed by atoms with Crippen LogP contribution >= 0.6 is 0 Å². The number of halogens is 1. The van der Waals surface area contributed by atoms with Crippen molar-refractivity contribution < 1.29 is 14.0 Å². The topological polar surface area (TPSA) is 40.6 Å². The molecular weight excluding hydrogens is 307 g/mol. The van der Waals surface area contributed by atoms with Gasteiger partial charge in [-0.15, -0.1) is 0 Å². The third kappa shape index (κ3) is 2.89. The van der Waals surface area contributed by atoms with E-state index >= 15 is 0 Å². The van der Waals surface area contributed by atoms with Crippen LogP contribution < -0.4 is 4.90 Å². The molecule has 24 heavy (non-hydrogen) atoms. The van der Waals surface area contributed by atoms with Gasteiger partial charge in [0, 0.05) is 24.3 Å². The van der Waals surface area contributed by atoms with Crippen LogP contribution in [0.25, 0.3) is 0 Å². The number of amides is 2. The summed E-state index contributed by atoms with van der Waals surface area (Å²) in [6.45, 7) is 4.15. The van der Waals surface area contributed by atoms with Crippen molar-refractivity contribution in [2.75, 3.05) is 18.0 Å². The third-order valence-electron chi connectivity index (χ3n) is 4.40. The number of rotatable bonds is 2. The maximum Gasteiger partial charge on any atom is 0.254 e. The molecule has 0 N–H and O–H groups in total. The maximum atomic E-state index is 13.8. The van der Waals surface area contributed by atoms with E-state index in [-0.39, 0.29) is 17.6 Å². The summed E-state index contributed by atoms with van der Waals surface area (Å²) < 4.78 is 13.8. The molecule has 3 rings (SSSR count). The lowest BCUT2D eigenvalue weighted by Gasteiger charge is -2.39. The van der Waals surface area contributed by atoms with Crippen molar-refractivity contribution >= 4 is 17.5 Å². The minimum absolute atomic E-state index is 0.161. The predicted octanol–water partition coefficient (Wildman–Crippen LogP) is 3.01. The van der Waals surface area contributed by atoms with Crippen LogP contribution in [-0.4, -0.2) is 35.8 Å². The first-order valence-corrected chi connectivity index (χ1v) is 7.92. The molecule has 0 aromatic heterocycles. The van der Waals surface area contributed by atoms with E-state index in [9.17, 15) is 14.0 Å². The second-order valence-corrected chi connectivity index (χ2v) is 5.96. The first-order valence-electron chi connectivity index (χ1n) is 7.92. The van der Waals surface area contributed by atoms with Gasteiger partial charge in [0.2, 0.25) is 5.91 Å². The second-order valence-electron chi connectivity index (χ2n) is 5.96. The van der Waals surface area contributed by atoms with Crippen molar-refractivity contribution in [3.05, 3.63) is 65.5 Å². The molecule has 0 bridgehead atoms. The lowest BCUT2D eigenvalue weighted by molar-refractivity contribution is -0.124. The van der Waals surface area contributed by atoms with Crippen LogP contribution in [0.3, 0.4) is 0 Å². The van der Waals surface area contributed by atoms with Crippen molar-refractivity contribution in [2.24, 2.45) is 0 Å². The van der Waals surface area contributed by atoms with Crippen LogP contribution in [0.2, 0.25) is 0 Å². The van der Waals surface area contributed by atoms with E-state index in [2.05, 4.69) is 0 Å². The number of nitrogens with zero attached hydrogens (tertiary/aromatic N) is 2. The normalized spacial score (nSPS) is 18.0. The Balaban J connectivity index is 1.81. The van der Waals surface area contributed by atoms with Crippen molar-refractivity contribution in [2.45, 2.75) is 19.9 Å². The molecule has 1 aliphatic rings. The number of hydrogen-bond donors (Lipinski definition) is 0. The standard InChI is InChI=1S/C19H19FN2O2/c1-13-8-9-16(12-17(13)20)22-11-10-21(14(2)18(22)23)19(24)15-6-4-3-5-7-15/h3-9,12,14H,10-11H2,1-2H3/t14-/m0/s1. The Kier molecular flexibility index (Phi) is 4.34. The van der Waals surface area contributed by atoms with Gasteiger partial charge in [-0.2, -0.15) is 0 Å². The highest BCUT2D eigenvalue weighted by molar-refractivity contribution is 6.03. The molecular formula is C19H19FN2O2. The first-order chi connectivity index (χ1) is 11.5. The van der Waals surface area contributed by atoms with Gasteiger partial charge in [0.05, 0.1) is 0 Å². The van der Waals surface area contributed by atoms with Gasteiger partial charge in [0.1, 0.15) is 11.9 Å². The highest BCUT2D eigenvalue weighted by atomic mass is 19.1. The number of benzene rings is 2. The van der Waals surface area contributed by atoms with E-state index < -0.39 is 6.04 Å². The van der Waals surface area contributed by atoms with Crippen LogP contribution in [0.4, 0.5) is 10.1 Å². The molecule has 5 heteroatoms. The minimum atomic E-state index is -0.587. The Hall–Kier alpha value is -2.69. The fourth-order valence-electron chi connectivity index (χ4n) is 2.90. The van der Waals surface area contributed by atoms with Crippen LogP contribution in [0, 0.1) is 12.7 Å². The maximum absolute atomic E-state index is 13.8. The Morgan fingerprint density at radius 3 is 2.50 bits per heavy atom. The zero-order valence-corrected chi connectivity index (χ0v) is 13.7. The molecule has 2 aromatic carbocycles. The number of hydrogen-bond acceptors (Lipinski definition) is 2. The van der Waals surface area contributed by atoms with E-state index in [1.54, 1.807) is 60.0 Å². The number of anilines is 1. The van der Waals surface area contributed by atoms with Crippen molar-refractivity contribution in [1.82, 2.24) is 4.90 Å². The van der Waals surface area contributed by atoms with Gasteiger partial charge in [-0.25, -0.2) is 4.39 Å². The lowest BCUT2D eigenvalue weighted by atomic mass is 10.1. The van der Waals surface area contributed by atoms with E-state index in [1.807, 2.05) is 6.07 Å². The summed E-state index contributed by atoms with van der Waals surface area (Å²) in [5, 5.41) is 0. The monoisotopic (exact) mass is 326 g/mol. The zero-order chi connectivity index (χ0) is 17.3. The quantitative estimate of drug-likeness (QED) is 0.851. The number of carbonyl (C=O) groups is 2. The molecule has 0 radical (unpaired) electrons. The van der Waals surface area contributed by atoms with Crippen LogP contribution in [0.5, 0.6) is 0 Å². The average molecular weight is 326 g/mol. The number of aryl methyl sites for hydroxylation is 1. The molecule has 1 aliphatic heterocycles. The summed E-state index contributed by atoms with van der Waals surface area (Å²) >= 11 is 0. The Labute approximate surface area is 140 Å². The molecule has 4 nitrogen and oxygen atoms in total. The Bertz CT molecular complexity index is 776. The van der Waals surface area contributed by atoms with E-state index in [4.69, 9.17) is 0 Å². The van der Waals surface area contributed by atoms with Gasteiger partial charge < -0.3 is 9.80 Å². The first kappa shape index (κ1) is 16.2. The van der Waals surface area contributed by atoms with Gasteiger partial charge in [0.25, 0.3) is 5.91 Å². The average Bonchev–Trinajstić information content (AvgIpc) is 2.60. The van der Waals surface area contributed by atoms with Gasteiger partial charge in [-0.1, -0.05) is 24.3 Å². The molecule has 1 heterocycles. The van der Waals surface area contributed by atoms with E-state index in [0.29, 0.717) is 29.9 Å². The fourth-order valence-corrected chi connectivity index (χ4v) is 2.90. The van der Waals surface area contributed by atoms with Gasteiger partial charge in [0.15, 0.2) is 0 Å². The number of piperazine rings is 1. The molecule has 0 spiro atoms. The summed E-state index contributed by atoms with van der Waals surface area (Å²) in [6.07, 6.45) is 0. The minimum Gasteiger partial charge on any atom is -0.325 e. The van der Waals surface area contributed by atoms with Crippen molar-refractivity contribution in [3.63, 3.8) is 0 Å². The van der Waals surface area contributed by atoms with Crippen LogP contribution in [0.15, 0.2) is 48.5 Å². The summed E-state index contributed by atoms with van der Waals surface area (Å²) in [7, 11) is 0. The molecule has 0 saturated carbocycles.